The molecule has 4 heteroatoms. The van der Waals surface area contributed by atoms with E-state index in [0.29, 0.717) is 5.75 Å². The quantitative estimate of drug-likeness (QED) is 0.794. The van der Waals surface area contributed by atoms with Crippen molar-refractivity contribution in [2.45, 2.75) is 45.7 Å². The minimum atomic E-state index is -0.0834. The van der Waals surface area contributed by atoms with E-state index in [0.717, 1.165) is 18.4 Å². The molecule has 0 saturated heterocycles. The largest absolute Gasteiger partial charge is 0.484 e. The molecule has 0 bridgehead atoms. The molecule has 1 aromatic carbocycles. The van der Waals surface area contributed by atoms with Crippen LogP contribution in [0.1, 0.15) is 45.2 Å². The molecular formula is C15H24N2O2. The zero-order chi connectivity index (χ0) is 14.3. The van der Waals surface area contributed by atoms with Crippen LogP contribution in [0.3, 0.4) is 0 Å². The molecule has 0 aliphatic rings. The lowest BCUT2D eigenvalue weighted by molar-refractivity contribution is -0.123. The summed E-state index contributed by atoms with van der Waals surface area (Å²) < 4.78 is 5.48. The number of hydrogen-bond acceptors (Lipinski definition) is 3. The summed E-state index contributed by atoms with van der Waals surface area (Å²) in [4.78, 5) is 11.7. The molecule has 1 atom stereocenters. The van der Waals surface area contributed by atoms with Gasteiger partial charge in [-0.1, -0.05) is 26.0 Å². The minimum Gasteiger partial charge on any atom is -0.484 e. The molecule has 3 N–H and O–H groups in total. The molecule has 0 fully saturated rings. The van der Waals surface area contributed by atoms with Crippen molar-refractivity contribution < 1.29 is 9.53 Å². The second-order valence-electron chi connectivity index (χ2n) is 4.73. The Balaban J connectivity index is 2.48. The maximum absolute atomic E-state index is 11.7. The van der Waals surface area contributed by atoms with Crippen molar-refractivity contribution in [1.29, 1.82) is 0 Å². The smallest absolute Gasteiger partial charge is 0.258 e. The number of carbonyl (C=O) groups is 1. The fourth-order valence-electron chi connectivity index (χ4n) is 1.80. The van der Waals surface area contributed by atoms with E-state index in [2.05, 4.69) is 19.2 Å². The van der Waals surface area contributed by atoms with E-state index in [1.807, 2.05) is 31.2 Å². The molecule has 0 unspecified atom stereocenters. The Morgan fingerprint density at radius 3 is 2.63 bits per heavy atom. The van der Waals surface area contributed by atoms with E-state index in [1.54, 1.807) is 0 Å². The van der Waals surface area contributed by atoms with E-state index in [4.69, 9.17) is 10.5 Å². The number of benzene rings is 1. The summed E-state index contributed by atoms with van der Waals surface area (Å²) >= 11 is 0. The average molecular weight is 264 g/mol. The summed E-state index contributed by atoms with van der Waals surface area (Å²) in [5.74, 6) is 0.592. The first-order valence-corrected chi connectivity index (χ1v) is 6.84. The zero-order valence-electron chi connectivity index (χ0n) is 12.0. The Morgan fingerprint density at radius 1 is 1.37 bits per heavy atom. The molecule has 0 radical (unpaired) electrons. The highest BCUT2D eigenvalue weighted by atomic mass is 16.5. The highest BCUT2D eigenvalue weighted by Crippen LogP contribution is 2.17. The molecule has 1 aromatic rings. The molecular weight excluding hydrogens is 240 g/mol. The SMILES string of the molecule is CCC(CC)NC(=O)COc1cccc([C@@H](C)N)c1. The standard InChI is InChI=1S/C15H24N2O2/c1-4-13(5-2)17-15(18)10-19-14-8-6-7-12(9-14)11(3)16/h6-9,11,13H,4-5,10,16H2,1-3H3,(H,17,18)/t11-/m1/s1. The Bertz CT molecular complexity index is 401. The van der Waals surface area contributed by atoms with E-state index < -0.39 is 0 Å². The van der Waals surface area contributed by atoms with Gasteiger partial charge in [0.15, 0.2) is 6.61 Å². The molecule has 19 heavy (non-hydrogen) atoms. The lowest BCUT2D eigenvalue weighted by Crippen LogP contribution is -2.37. The highest BCUT2D eigenvalue weighted by molar-refractivity contribution is 5.77. The number of nitrogens with one attached hydrogen (secondary N) is 1. The molecule has 106 valence electrons. The van der Waals surface area contributed by atoms with Gasteiger partial charge in [-0.25, -0.2) is 0 Å². The summed E-state index contributed by atoms with van der Waals surface area (Å²) in [5.41, 5.74) is 6.80. The van der Waals surface area contributed by atoms with Crippen LogP contribution >= 0.6 is 0 Å². The monoisotopic (exact) mass is 264 g/mol. The summed E-state index contributed by atoms with van der Waals surface area (Å²) in [7, 11) is 0. The van der Waals surface area contributed by atoms with Crippen LogP contribution in [0.5, 0.6) is 5.75 Å². The third-order valence-electron chi connectivity index (χ3n) is 3.10. The molecule has 0 heterocycles. The van der Waals surface area contributed by atoms with Gasteiger partial charge in [-0.3, -0.25) is 4.79 Å². The summed E-state index contributed by atoms with van der Waals surface area (Å²) in [6.07, 6.45) is 1.87. The summed E-state index contributed by atoms with van der Waals surface area (Å²) in [6, 6.07) is 7.72. The Kier molecular flexibility index (Phi) is 6.36. The molecule has 1 rings (SSSR count). The van der Waals surface area contributed by atoms with Crippen molar-refractivity contribution in [2.24, 2.45) is 5.73 Å². The number of nitrogens with two attached hydrogens (primary N) is 1. The van der Waals surface area contributed by atoms with Crippen molar-refractivity contribution in [2.75, 3.05) is 6.61 Å². The Labute approximate surface area is 115 Å². The molecule has 0 spiro atoms. The van der Waals surface area contributed by atoms with Crippen LogP contribution in [0.15, 0.2) is 24.3 Å². The number of hydrogen-bond donors (Lipinski definition) is 2. The zero-order valence-corrected chi connectivity index (χ0v) is 12.0. The minimum absolute atomic E-state index is 0.0399. The normalized spacial score (nSPS) is 12.3. The molecule has 1 amide bonds. The maximum Gasteiger partial charge on any atom is 0.258 e. The van der Waals surface area contributed by atoms with Crippen molar-refractivity contribution >= 4 is 5.91 Å². The second-order valence-corrected chi connectivity index (χ2v) is 4.73. The Morgan fingerprint density at radius 2 is 2.05 bits per heavy atom. The lowest BCUT2D eigenvalue weighted by Gasteiger charge is -2.15. The predicted octanol–water partition coefficient (Wildman–Crippen LogP) is 2.39. The summed E-state index contributed by atoms with van der Waals surface area (Å²) in [5, 5.41) is 2.94. The van der Waals surface area contributed by atoms with Gasteiger partial charge >= 0.3 is 0 Å². The van der Waals surface area contributed by atoms with Gasteiger partial charge in [-0.2, -0.15) is 0 Å². The first-order chi connectivity index (χ1) is 9.06. The number of amides is 1. The van der Waals surface area contributed by atoms with E-state index in [1.165, 1.54) is 0 Å². The highest BCUT2D eigenvalue weighted by Gasteiger charge is 2.09. The fourth-order valence-corrected chi connectivity index (χ4v) is 1.80. The van der Waals surface area contributed by atoms with Crippen LogP contribution in [-0.4, -0.2) is 18.6 Å². The van der Waals surface area contributed by atoms with Gasteiger partial charge in [0, 0.05) is 12.1 Å². The third-order valence-corrected chi connectivity index (χ3v) is 3.10. The van der Waals surface area contributed by atoms with Crippen LogP contribution in [0, 0.1) is 0 Å². The van der Waals surface area contributed by atoms with Gasteiger partial charge in [0.25, 0.3) is 5.91 Å². The first kappa shape index (κ1) is 15.5. The second kappa shape index (κ2) is 7.79. The van der Waals surface area contributed by atoms with Crippen molar-refractivity contribution in [1.82, 2.24) is 5.32 Å². The van der Waals surface area contributed by atoms with Crippen LogP contribution in [0.2, 0.25) is 0 Å². The van der Waals surface area contributed by atoms with Gasteiger partial charge < -0.3 is 15.8 Å². The van der Waals surface area contributed by atoms with Crippen LogP contribution in [-0.2, 0) is 4.79 Å². The Hall–Kier alpha value is -1.55. The van der Waals surface area contributed by atoms with Gasteiger partial charge in [0.2, 0.25) is 0 Å². The van der Waals surface area contributed by atoms with Gasteiger partial charge in [0.05, 0.1) is 0 Å². The van der Waals surface area contributed by atoms with Crippen LogP contribution in [0.4, 0.5) is 0 Å². The third kappa shape index (κ3) is 5.30. The van der Waals surface area contributed by atoms with Crippen LogP contribution < -0.4 is 15.8 Å². The molecule has 0 aliphatic heterocycles. The first-order valence-electron chi connectivity index (χ1n) is 6.84. The average Bonchev–Trinajstić information content (AvgIpc) is 2.42. The van der Waals surface area contributed by atoms with E-state index in [9.17, 15) is 4.79 Å². The fraction of sp³-hybridized carbons (Fsp3) is 0.533. The molecule has 0 aliphatic carbocycles. The predicted molar refractivity (Wildman–Crippen MR) is 77.1 cm³/mol. The van der Waals surface area contributed by atoms with Gasteiger partial charge in [0.1, 0.15) is 5.75 Å². The molecule has 0 aromatic heterocycles. The van der Waals surface area contributed by atoms with Gasteiger partial charge in [-0.15, -0.1) is 0 Å². The number of ether oxygens (including phenoxy) is 1. The van der Waals surface area contributed by atoms with E-state index in [-0.39, 0.29) is 24.6 Å². The van der Waals surface area contributed by atoms with Crippen molar-refractivity contribution in [3.63, 3.8) is 0 Å². The lowest BCUT2D eigenvalue weighted by atomic mass is 10.1. The number of rotatable bonds is 7. The van der Waals surface area contributed by atoms with Crippen molar-refractivity contribution in [3.8, 4) is 5.75 Å². The number of carbonyl (C=O) groups excluding carboxylic acids is 1. The van der Waals surface area contributed by atoms with Gasteiger partial charge in [-0.05, 0) is 37.5 Å². The summed E-state index contributed by atoms with van der Waals surface area (Å²) in [6.45, 7) is 6.07. The topological polar surface area (TPSA) is 64.3 Å². The van der Waals surface area contributed by atoms with Crippen LogP contribution in [0.25, 0.3) is 0 Å². The van der Waals surface area contributed by atoms with Crippen molar-refractivity contribution in [3.05, 3.63) is 29.8 Å². The molecule has 0 saturated carbocycles. The van der Waals surface area contributed by atoms with E-state index >= 15 is 0 Å². The molecule has 4 nitrogen and oxygen atoms in total. The maximum atomic E-state index is 11.7.